The van der Waals surface area contributed by atoms with Gasteiger partial charge in [0.1, 0.15) is 10.6 Å². The van der Waals surface area contributed by atoms with Gasteiger partial charge in [0.05, 0.1) is 16.9 Å². The molecule has 0 atom stereocenters. The van der Waals surface area contributed by atoms with Gasteiger partial charge in [0, 0.05) is 30.9 Å². The van der Waals surface area contributed by atoms with Gasteiger partial charge in [-0.2, -0.15) is 0 Å². The van der Waals surface area contributed by atoms with Crippen LogP contribution in [0, 0.1) is 11.3 Å². The van der Waals surface area contributed by atoms with Gasteiger partial charge in [0.2, 0.25) is 0 Å². The zero-order chi connectivity index (χ0) is 23.3. The van der Waals surface area contributed by atoms with E-state index < -0.39 is 11.4 Å². The predicted octanol–water partition coefficient (Wildman–Crippen LogP) is 6.47. The van der Waals surface area contributed by atoms with Crippen LogP contribution in [-0.4, -0.2) is 29.2 Å². The Labute approximate surface area is 197 Å². The molecule has 0 aliphatic heterocycles. The van der Waals surface area contributed by atoms with E-state index in [-0.39, 0.29) is 18.0 Å². The molecule has 1 saturated carbocycles. The topological polar surface area (TPSA) is 80.7 Å². The molecule has 1 fully saturated rings. The van der Waals surface area contributed by atoms with Crippen molar-refractivity contribution < 1.29 is 24.2 Å². The summed E-state index contributed by atoms with van der Waals surface area (Å²) in [5.41, 5.74) is -0.00372. The van der Waals surface area contributed by atoms with Crippen LogP contribution < -0.4 is 4.74 Å². The molecular weight excluding hydrogens is 448 g/mol. The number of ether oxygens (including phenoxy) is 1. The minimum Gasteiger partial charge on any atom is -0.492 e. The van der Waals surface area contributed by atoms with E-state index in [0.717, 1.165) is 36.2 Å². The van der Waals surface area contributed by atoms with Crippen molar-refractivity contribution in [2.45, 2.75) is 58.8 Å². The third kappa shape index (κ3) is 5.78. The van der Waals surface area contributed by atoms with Gasteiger partial charge in [-0.15, -0.1) is 11.3 Å². The van der Waals surface area contributed by atoms with Crippen LogP contribution in [0.2, 0.25) is 5.02 Å². The van der Waals surface area contributed by atoms with Gasteiger partial charge in [-0.05, 0) is 49.3 Å². The molecule has 0 spiro atoms. The van der Waals surface area contributed by atoms with Crippen molar-refractivity contribution in [3.8, 4) is 5.75 Å². The fourth-order valence-electron chi connectivity index (χ4n) is 4.33. The monoisotopic (exact) mass is 476 g/mol. The predicted molar refractivity (Wildman–Crippen MR) is 126 cm³/mol. The summed E-state index contributed by atoms with van der Waals surface area (Å²) in [5, 5.41) is 10.5. The Hall–Kier alpha value is -2.18. The van der Waals surface area contributed by atoms with Crippen molar-refractivity contribution in [2.75, 3.05) is 6.61 Å². The summed E-state index contributed by atoms with van der Waals surface area (Å²) in [6, 6.07) is 9.07. The second-order valence-electron chi connectivity index (χ2n) is 8.63. The minimum atomic E-state index is -1.02. The van der Waals surface area contributed by atoms with E-state index in [0.29, 0.717) is 52.3 Å². The lowest BCUT2D eigenvalue weighted by atomic mass is 9.67. The fraction of sp³-hybridized carbons (Fsp3) is 0.480. The van der Waals surface area contributed by atoms with Crippen molar-refractivity contribution in [3.63, 3.8) is 0 Å². The van der Waals surface area contributed by atoms with Gasteiger partial charge in [0.25, 0.3) is 0 Å². The number of benzene rings is 1. The minimum absolute atomic E-state index is 0.0431. The maximum absolute atomic E-state index is 13.1. The molecule has 3 rings (SSSR count). The van der Waals surface area contributed by atoms with E-state index in [1.54, 1.807) is 12.1 Å². The lowest BCUT2D eigenvalue weighted by Crippen LogP contribution is -2.37. The quantitative estimate of drug-likeness (QED) is 0.397. The number of Topliss-reactive ketones (excluding diaryl/α,β-unsaturated/α-hetero) is 2. The third-order valence-electron chi connectivity index (χ3n) is 6.42. The lowest BCUT2D eigenvalue weighted by Gasteiger charge is -2.36. The van der Waals surface area contributed by atoms with Crippen LogP contribution in [0.4, 0.5) is 0 Å². The van der Waals surface area contributed by atoms with E-state index >= 15 is 0 Å². The lowest BCUT2D eigenvalue weighted by molar-refractivity contribution is -0.151. The van der Waals surface area contributed by atoms with Crippen molar-refractivity contribution in [3.05, 3.63) is 50.7 Å². The molecule has 0 bridgehead atoms. The Morgan fingerprint density at radius 3 is 2.53 bits per heavy atom. The van der Waals surface area contributed by atoms with E-state index in [9.17, 15) is 19.5 Å². The molecule has 7 heteroatoms. The number of aliphatic carboxylic acids is 1. The van der Waals surface area contributed by atoms with Crippen LogP contribution in [0.5, 0.6) is 5.75 Å². The zero-order valence-electron chi connectivity index (χ0n) is 18.5. The highest BCUT2D eigenvalue weighted by Crippen LogP contribution is 2.44. The SMILES string of the molecule is CCC1CCC(CC(=O)c2cc(OCCc3cccc(Cl)c3)c(C(C)=O)s2)(C(=O)O)CC1. The first kappa shape index (κ1) is 24.5. The van der Waals surface area contributed by atoms with Crippen molar-refractivity contribution in [2.24, 2.45) is 11.3 Å². The highest BCUT2D eigenvalue weighted by molar-refractivity contribution is 7.16. The average molecular weight is 477 g/mol. The van der Waals surface area contributed by atoms with E-state index in [2.05, 4.69) is 6.92 Å². The number of carboxylic acid groups (broad SMARTS) is 1. The van der Waals surface area contributed by atoms with Crippen LogP contribution >= 0.6 is 22.9 Å². The summed E-state index contributed by atoms with van der Waals surface area (Å²) < 4.78 is 5.84. The van der Waals surface area contributed by atoms with Crippen LogP contribution in [0.25, 0.3) is 0 Å². The summed E-state index contributed by atoms with van der Waals surface area (Å²) in [6.07, 6.45) is 4.29. The van der Waals surface area contributed by atoms with Crippen molar-refractivity contribution in [1.82, 2.24) is 0 Å². The normalized spacial score (nSPS) is 20.7. The number of halogens is 1. The summed E-state index contributed by atoms with van der Waals surface area (Å²) in [7, 11) is 0. The number of thiophene rings is 1. The summed E-state index contributed by atoms with van der Waals surface area (Å²) in [4.78, 5) is 38.0. The van der Waals surface area contributed by atoms with Crippen molar-refractivity contribution in [1.29, 1.82) is 0 Å². The molecule has 1 aromatic carbocycles. The molecule has 1 heterocycles. The molecule has 2 aromatic rings. The van der Waals surface area contributed by atoms with Crippen LogP contribution in [0.15, 0.2) is 30.3 Å². The molecule has 172 valence electrons. The Morgan fingerprint density at radius 2 is 1.94 bits per heavy atom. The molecule has 1 N–H and O–H groups in total. The standard InChI is InChI=1S/C25H29ClO5S/c1-3-17-7-10-25(11-8-17,24(29)30)15-20(28)22-14-21(23(32-22)16(2)27)31-12-9-18-5-4-6-19(26)13-18/h4-6,13-14,17H,3,7-12,15H2,1-2H3,(H,29,30). The number of hydrogen-bond acceptors (Lipinski definition) is 5. The first-order chi connectivity index (χ1) is 15.2. The second-order valence-corrected chi connectivity index (χ2v) is 10.1. The first-order valence-corrected chi connectivity index (χ1v) is 12.2. The Kier molecular flexibility index (Phi) is 8.12. The Bertz CT molecular complexity index is 988. The van der Waals surface area contributed by atoms with Crippen LogP contribution in [0.1, 0.15) is 77.3 Å². The molecule has 32 heavy (non-hydrogen) atoms. The van der Waals surface area contributed by atoms with E-state index in [1.807, 2.05) is 18.2 Å². The highest BCUT2D eigenvalue weighted by atomic mass is 35.5. The summed E-state index contributed by atoms with van der Waals surface area (Å²) >= 11 is 7.10. The molecule has 1 aromatic heterocycles. The molecule has 1 aliphatic carbocycles. The Morgan fingerprint density at radius 1 is 1.22 bits per heavy atom. The van der Waals surface area contributed by atoms with E-state index in [4.69, 9.17) is 16.3 Å². The maximum atomic E-state index is 13.1. The molecule has 0 unspecified atom stereocenters. The first-order valence-electron chi connectivity index (χ1n) is 11.0. The van der Waals surface area contributed by atoms with Gasteiger partial charge in [-0.3, -0.25) is 14.4 Å². The summed E-state index contributed by atoms with van der Waals surface area (Å²) in [6.45, 7) is 3.89. The number of carbonyl (C=O) groups excluding carboxylic acids is 2. The maximum Gasteiger partial charge on any atom is 0.310 e. The molecular formula is C25H29ClO5S. The summed E-state index contributed by atoms with van der Waals surface area (Å²) in [5.74, 6) is -0.403. The zero-order valence-corrected chi connectivity index (χ0v) is 20.1. The fourth-order valence-corrected chi connectivity index (χ4v) is 5.48. The number of hydrogen-bond donors (Lipinski definition) is 1. The van der Waals surface area contributed by atoms with Gasteiger partial charge >= 0.3 is 5.97 Å². The molecule has 0 radical (unpaired) electrons. The molecule has 0 saturated heterocycles. The largest absolute Gasteiger partial charge is 0.492 e. The van der Waals surface area contributed by atoms with E-state index in [1.165, 1.54) is 6.92 Å². The number of rotatable bonds is 10. The van der Waals surface area contributed by atoms with Crippen LogP contribution in [0.3, 0.4) is 0 Å². The average Bonchev–Trinajstić information content (AvgIpc) is 3.19. The number of carbonyl (C=O) groups is 3. The van der Waals surface area contributed by atoms with Gasteiger partial charge in [0.15, 0.2) is 11.6 Å². The molecule has 0 amide bonds. The smallest absolute Gasteiger partial charge is 0.310 e. The van der Waals surface area contributed by atoms with Crippen LogP contribution in [-0.2, 0) is 11.2 Å². The van der Waals surface area contributed by atoms with Gasteiger partial charge < -0.3 is 9.84 Å². The second kappa shape index (κ2) is 10.6. The highest BCUT2D eigenvalue weighted by Gasteiger charge is 2.43. The number of carboxylic acids is 1. The number of ketones is 2. The molecule has 5 nitrogen and oxygen atoms in total. The third-order valence-corrected chi connectivity index (χ3v) is 7.92. The molecule has 1 aliphatic rings. The van der Waals surface area contributed by atoms with Gasteiger partial charge in [-0.1, -0.05) is 37.1 Å². The van der Waals surface area contributed by atoms with Gasteiger partial charge in [-0.25, -0.2) is 0 Å². The Balaban J connectivity index is 1.71. The van der Waals surface area contributed by atoms with Crippen molar-refractivity contribution >= 4 is 40.5 Å².